The standard InChI is InChI=1S/C13H10Cl2N2O2/c14-9-6-7(18)4-5-8(9)13(19)17-11-3-1-2-10(16)12(11)15/h1-6,18H,16H2,(H,17,19). The number of nitrogen functional groups attached to an aromatic ring is 1. The van der Waals surface area contributed by atoms with Gasteiger partial charge in [-0.15, -0.1) is 0 Å². The zero-order valence-electron chi connectivity index (χ0n) is 9.65. The smallest absolute Gasteiger partial charge is 0.257 e. The highest BCUT2D eigenvalue weighted by atomic mass is 35.5. The monoisotopic (exact) mass is 296 g/mol. The van der Waals surface area contributed by atoms with E-state index in [4.69, 9.17) is 28.9 Å². The molecule has 1 amide bonds. The van der Waals surface area contributed by atoms with Crippen LogP contribution < -0.4 is 11.1 Å². The number of aromatic hydroxyl groups is 1. The SMILES string of the molecule is Nc1cccc(NC(=O)c2ccc(O)cc2Cl)c1Cl. The third-order valence-electron chi connectivity index (χ3n) is 2.47. The molecule has 2 rings (SSSR count). The molecule has 2 aromatic carbocycles. The van der Waals surface area contributed by atoms with Crippen molar-refractivity contribution in [2.75, 3.05) is 11.1 Å². The number of carbonyl (C=O) groups is 1. The molecule has 0 atom stereocenters. The molecule has 4 N–H and O–H groups in total. The van der Waals surface area contributed by atoms with Crippen LogP contribution in [0.3, 0.4) is 0 Å². The van der Waals surface area contributed by atoms with Gasteiger partial charge in [-0.2, -0.15) is 0 Å². The van der Waals surface area contributed by atoms with Crippen LogP contribution in [0.1, 0.15) is 10.4 Å². The molecule has 0 aliphatic heterocycles. The predicted molar refractivity (Wildman–Crippen MR) is 76.9 cm³/mol. The van der Waals surface area contributed by atoms with Crippen molar-refractivity contribution in [3.05, 3.63) is 52.0 Å². The maximum Gasteiger partial charge on any atom is 0.257 e. The van der Waals surface area contributed by atoms with E-state index in [2.05, 4.69) is 5.32 Å². The fourth-order valence-corrected chi connectivity index (χ4v) is 1.96. The Morgan fingerprint density at radius 1 is 1.21 bits per heavy atom. The number of nitrogens with two attached hydrogens (primary N) is 1. The molecule has 0 saturated carbocycles. The predicted octanol–water partition coefficient (Wildman–Crippen LogP) is 3.53. The Bertz CT molecular complexity index is 645. The van der Waals surface area contributed by atoms with Gasteiger partial charge in [-0.05, 0) is 30.3 Å². The summed E-state index contributed by atoms with van der Waals surface area (Å²) >= 11 is 11.9. The second-order valence-corrected chi connectivity index (χ2v) is 4.61. The molecule has 0 bridgehead atoms. The Labute approximate surface area is 119 Å². The van der Waals surface area contributed by atoms with Gasteiger partial charge >= 0.3 is 0 Å². The topological polar surface area (TPSA) is 75.3 Å². The van der Waals surface area contributed by atoms with Crippen LogP contribution >= 0.6 is 23.2 Å². The van der Waals surface area contributed by atoms with Gasteiger partial charge < -0.3 is 16.2 Å². The van der Waals surface area contributed by atoms with Crippen molar-refractivity contribution in [3.8, 4) is 5.75 Å². The molecular weight excluding hydrogens is 287 g/mol. The molecule has 2 aromatic rings. The zero-order valence-corrected chi connectivity index (χ0v) is 11.2. The third-order valence-corrected chi connectivity index (χ3v) is 3.21. The summed E-state index contributed by atoms with van der Waals surface area (Å²) in [5.41, 5.74) is 6.65. The summed E-state index contributed by atoms with van der Waals surface area (Å²) in [5.74, 6) is -0.443. The van der Waals surface area contributed by atoms with Gasteiger partial charge in [0.25, 0.3) is 5.91 Å². The molecule has 98 valence electrons. The lowest BCUT2D eigenvalue weighted by molar-refractivity contribution is 0.102. The van der Waals surface area contributed by atoms with Gasteiger partial charge in [-0.3, -0.25) is 4.79 Å². The summed E-state index contributed by atoms with van der Waals surface area (Å²) in [6.07, 6.45) is 0. The fraction of sp³-hybridized carbons (Fsp3) is 0. The Hall–Kier alpha value is -1.91. The van der Waals surface area contributed by atoms with E-state index in [1.807, 2.05) is 0 Å². The van der Waals surface area contributed by atoms with Gasteiger partial charge in [0, 0.05) is 0 Å². The third kappa shape index (κ3) is 2.92. The minimum atomic E-state index is -0.433. The molecular formula is C13H10Cl2N2O2. The average molecular weight is 297 g/mol. The number of amides is 1. The first-order chi connectivity index (χ1) is 8.99. The number of phenolic OH excluding ortho intramolecular Hbond substituents is 1. The molecule has 4 nitrogen and oxygen atoms in total. The summed E-state index contributed by atoms with van der Waals surface area (Å²) < 4.78 is 0. The van der Waals surface area contributed by atoms with Crippen molar-refractivity contribution in [3.63, 3.8) is 0 Å². The molecule has 0 aromatic heterocycles. The van der Waals surface area contributed by atoms with Crippen molar-refractivity contribution >= 4 is 40.5 Å². The van der Waals surface area contributed by atoms with Gasteiger partial charge in [-0.1, -0.05) is 29.3 Å². The molecule has 0 saturated heterocycles. The number of nitrogens with one attached hydrogen (secondary N) is 1. The second-order valence-electron chi connectivity index (χ2n) is 3.83. The summed E-state index contributed by atoms with van der Waals surface area (Å²) in [4.78, 5) is 12.0. The minimum absolute atomic E-state index is 0.0106. The summed E-state index contributed by atoms with van der Waals surface area (Å²) in [6.45, 7) is 0. The Morgan fingerprint density at radius 2 is 1.95 bits per heavy atom. The average Bonchev–Trinajstić information content (AvgIpc) is 2.34. The van der Waals surface area contributed by atoms with E-state index in [1.165, 1.54) is 18.2 Å². The lowest BCUT2D eigenvalue weighted by atomic mass is 10.2. The maximum absolute atomic E-state index is 12.0. The van der Waals surface area contributed by atoms with Crippen LogP contribution in [0.2, 0.25) is 10.0 Å². The number of rotatable bonds is 2. The fourth-order valence-electron chi connectivity index (χ4n) is 1.52. The number of hydrogen-bond donors (Lipinski definition) is 3. The van der Waals surface area contributed by atoms with Crippen molar-refractivity contribution in [1.29, 1.82) is 0 Å². The second kappa shape index (κ2) is 5.38. The Morgan fingerprint density at radius 3 is 2.63 bits per heavy atom. The molecule has 0 fully saturated rings. The van der Waals surface area contributed by atoms with E-state index in [1.54, 1.807) is 18.2 Å². The minimum Gasteiger partial charge on any atom is -0.508 e. The largest absolute Gasteiger partial charge is 0.508 e. The van der Waals surface area contributed by atoms with Crippen LogP contribution in [0, 0.1) is 0 Å². The van der Waals surface area contributed by atoms with E-state index >= 15 is 0 Å². The van der Waals surface area contributed by atoms with Gasteiger partial charge in [-0.25, -0.2) is 0 Å². The van der Waals surface area contributed by atoms with E-state index in [9.17, 15) is 9.90 Å². The molecule has 0 aliphatic rings. The highest BCUT2D eigenvalue weighted by Crippen LogP contribution is 2.29. The number of anilines is 2. The van der Waals surface area contributed by atoms with Gasteiger partial charge in [0.15, 0.2) is 0 Å². The number of carbonyl (C=O) groups excluding carboxylic acids is 1. The number of phenols is 1. The van der Waals surface area contributed by atoms with E-state index in [-0.39, 0.29) is 21.4 Å². The summed E-state index contributed by atoms with van der Waals surface area (Å²) in [7, 11) is 0. The first-order valence-electron chi connectivity index (χ1n) is 5.33. The van der Waals surface area contributed by atoms with Crippen molar-refractivity contribution in [1.82, 2.24) is 0 Å². The Balaban J connectivity index is 2.28. The molecule has 0 radical (unpaired) electrons. The van der Waals surface area contributed by atoms with Gasteiger partial charge in [0.05, 0.1) is 27.0 Å². The molecule has 0 heterocycles. The molecule has 6 heteroatoms. The zero-order chi connectivity index (χ0) is 14.0. The Kier molecular flexibility index (Phi) is 3.83. The number of hydrogen-bond acceptors (Lipinski definition) is 3. The van der Waals surface area contributed by atoms with Gasteiger partial charge in [0.1, 0.15) is 5.75 Å². The molecule has 0 spiro atoms. The van der Waals surface area contributed by atoms with Crippen LogP contribution in [0.15, 0.2) is 36.4 Å². The van der Waals surface area contributed by atoms with E-state index < -0.39 is 5.91 Å². The highest BCUT2D eigenvalue weighted by Gasteiger charge is 2.13. The van der Waals surface area contributed by atoms with Crippen molar-refractivity contribution < 1.29 is 9.90 Å². The number of halogens is 2. The van der Waals surface area contributed by atoms with Gasteiger partial charge in [0.2, 0.25) is 0 Å². The van der Waals surface area contributed by atoms with Crippen LogP contribution in [-0.2, 0) is 0 Å². The highest BCUT2D eigenvalue weighted by molar-refractivity contribution is 6.37. The quantitative estimate of drug-likeness (QED) is 0.742. The van der Waals surface area contributed by atoms with E-state index in [0.29, 0.717) is 11.4 Å². The van der Waals surface area contributed by atoms with Crippen molar-refractivity contribution in [2.24, 2.45) is 0 Å². The molecule has 0 unspecified atom stereocenters. The van der Waals surface area contributed by atoms with Crippen LogP contribution in [0.5, 0.6) is 5.75 Å². The lowest BCUT2D eigenvalue weighted by Gasteiger charge is -2.09. The summed E-state index contributed by atoms with van der Waals surface area (Å²) in [5, 5.41) is 12.3. The lowest BCUT2D eigenvalue weighted by Crippen LogP contribution is -2.13. The normalized spacial score (nSPS) is 10.2. The molecule has 0 aliphatic carbocycles. The van der Waals surface area contributed by atoms with Crippen molar-refractivity contribution in [2.45, 2.75) is 0 Å². The van der Waals surface area contributed by atoms with Crippen LogP contribution in [0.4, 0.5) is 11.4 Å². The first-order valence-corrected chi connectivity index (χ1v) is 6.08. The van der Waals surface area contributed by atoms with E-state index in [0.717, 1.165) is 0 Å². The molecule has 19 heavy (non-hydrogen) atoms. The maximum atomic E-state index is 12.0. The van der Waals surface area contributed by atoms with Crippen LogP contribution in [-0.4, -0.2) is 11.0 Å². The van der Waals surface area contributed by atoms with Crippen LogP contribution in [0.25, 0.3) is 0 Å². The first kappa shape index (κ1) is 13.5. The summed E-state index contributed by atoms with van der Waals surface area (Å²) in [6, 6.07) is 9.03. The number of benzene rings is 2.